The van der Waals surface area contributed by atoms with Crippen LogP contribution in [-0.2, 0) is 1.40 Å². The summed E-state index contributed by atoms with van der Waals surface area (Å²) in [5.74, 6) is 0. The van der Waals surface area contributed by atoms with Gasteiger partial charge >= 0.3 is 0 Å². The van der Waals surface area contributed by atoms with Crippen molar-refractivity contribution >= 4 is 94.9 Å². The van der Waals surface area contributed by atoms with E-state index in [0.29, 0.717) is 0 Å². The summed E-state index contributed by atoms with van der Waals surface area (Å²) in [5.41, 5.74) is 0. The van der Waals surface area contributed by atoms with Gasteiger partial charge in [-0.05, 0) is 0 Å². The van der Waals surface area contributed by atoms with Crippen molar-refractivity contribution < 1.29 is 1.40 Å². The third-order valence-electron chi connectivity index (χ3n) is 0. The maximum Gasteiger partial charge on any atom is 0.124 e. The molecule has 0 unspecified atom stereocenters. The van der Waals surface area contributed by atoms with E-state index in [1.807, 2.05) is 0 Å². The Kier molecular flexibility index (Phi) is 23.6. The number of rotatable bonds is 0. The predicted molar refractivity (Wildman–Crippen MR) is 34.9 cm³/mol. The molecule has 22 valence electrons. The molecule has 0 heterocycles. The standard InChI is InChI=1S/Ba.I2O/c;1-3-2. The zero-order valence-corrected chi connectivity index (χ0v) is 10.6. The van der Waals surface area contributed by atoms with Gasteiger partial charge in [0.15, 0.2) is 0 Å². The van der Waals surface area contributed by atoms with Gasteiger partial charge < -0.3 is 0 Å². The van der Waals surface area contributed by atoms with Crippen LogP contribution in [0.1, 0.15) is 0 Å². The first-order valence-corrected chi connectivity index (χ1v) is 2.07. The van der Waals surface area contributed by atoms with Crippen molar-refractivity contribution in [3.05, 3.63) is 0 Å². The summed E-state index contributed by atoms with van der Waals surface area (Å²) in [4.78, 5) is 0. The normalized spacial score (nSPS) is 4.50. The van der Waals surface area contributed by atoms with E-state index in [-0.39, 0.29) is 48.9 Å². The van der Waals surface area contributed by atoms with Crippen LogP contribution in [0.5, 0.6) is 0 Å². The Morgan fingerprint density at radius 3 is 1.25 bits per heavy atom. The third-order valence-corrected chi connectivity index (χ3v) is 0. The second kappa shape index (κ2) is 9.37. The fourth-order valence-corrected chi connectivity index (χ4v) is 0. The van der Waals surface area contributed by atoms with Crippen molar-refractivity contribution in [2.24, 2.45) is 0 Å². The Morgan fingerprint density at radius 1 is 1.25 bits per heavy atom. The summed E-state index contributed by atoms with van der Waals surface area (Å²) in [7, 11) is 0. The fourth-order valence-electron chi connectivity index (χ4n) is 0. The van der Waals surface area contributed by atoms with Crippen LogP contribution in [0.3, 0.4) is 0 Å². The van der Waals surface area contributed by atoms with E-state index < -0.39 is 0 Å². The summed E-state index contributed by atoms with van der Waals surface area (Å²) in [6, 6.07) is 0. The van der Waals surface area contributed by atoms with Gasteiger partial charge in [0, 0.05) is 48.9 Å². The molecule has 0 rings (SSSR count). The Bertz CT molecular complexity index is 6.00. The maximum absolute atomic E-state index is 4.19. The Labute approximate surface area is 93.7 Å². The van der Waals surface area contributed by atoms with E-state index >= 15 is 0 Å². The largest absolute Gasteiger partial charge is 0.247 e. The molecule has 0 aliphatic heterocycles. The van der Waals surface area contributed by atoms with Gasteiger partial charge in [-0.1, -0.05) is 0 Å². The topological polar surface area (TPSA) is 9.23 Å². The third kappa shape index (κ3) is 8.89. The first-order chi connectivity index (χ1) is 1.41. The summed E-state index contributed by atoms with van der Waals surface area (Å²) in [6.45, 7) is 0. The van der Waals surface area contributed by atoms with Crippen LogP contribution in [0.4, 0.5) is 0 Å². The minimum absolute atomic E-state index is 0. The van der Waals surface area contributed by atoms with Crippen molar-refractivity contribution in [2.45, 2.75) is 0 Å². The molecule has 0 aliphatic rings. The number of hydrogen-bond donors (Lipinski definition) is 0. The van der Waals surface area contributed by atoms with Crippen LogP contribution >= 0.6 is 46.0 Å². The van der Waals surface area contributed by atoms with Gasteiger partial charge in [-0.25, -0.2) is 1.40 Å². The molecule has 0 saturated heterocycles. The van der Waals surface area contributed by atoms with E-state index in [1.165, 1.54) is 0 Å². The van der Waals surface area contributed by atoms with Crippen LogP contribution in [0, 0.1) is 0 Å². The zero-order chi connectivity index (χ0) is 2.71. The number of halogens is 2. The Balaban J connectivity index is 0. The fraction of sp³-hybridized carbons (Fsp3) is 0. The maximum atomic E-state index is 4.19. The molecule has 0 fully saturated rings. The van der Waals surface area contributed by atoms with Crippen LogP contribution in [0.25, 0.3) is 0 Å². The van der Waals surface area contributed by atoms with Crippen molar-refractivity contribution in [1.82, 2.24) is 0 Å². The van der Waals surface area contributed by atoms with Crippen molar-refractivity contribution in [3.63, 3.8) is 0 Å². The second-order valence-electron chi connectivity index (χ2n) is 0.0583. The molecular formula is BaI2O. The summed E-state index contributed by atoms with van der Waals surface area (Å²) in [5, 5.41) is 0. The van der Waals surface area contributed by atoms with Gasteiger partial charge in [-0.3, -0.25) is 0 Å². The number of hydrogen-bond acceptors (Lipinski definition) is 1. The average Bonchev–Trinajstić information content (AvgIpc) is 0.918. The molecule has 0 saturated carbocycles. The molecule has 0 aliphatic carbocycles. The molecular weight excluding hydrogens is 407 g/mol. The Morgan fingerprint density at radius 2 is 1.25 bits per heavy atom. The van der Waals surface area contributed by atoms with Crippen LogP contribution in [0.15, 0.2) is 0 Å². The summed E-state index contributed by atoms with van der Waals surface area (Å²) < 4.78 is 4.19. The first-order valence-electron chi connectivity index (χ1n) is 0.309. The summed E-state index contributed by atoms with van der Waals surface area (Å²) >= 11 is 3.55. The van der Waals surface area contributed by atoms with E-state index in [1.54, 1.807) is 46.0 Å². The molecule has 0 aromatic heterocycles. The van der Waals surface area contributed by atoms with Gasteiger partial charge in [0.2, 0.25) is 0 Å². The molecule has 2 radical (unpaired) electrons. The van der Waals surface area contributed by atoms with Gasteiger partial charge in [-0.2, -0.15) is 0 Å². The quantitative estimate of drug-likeness (QED) is 0.435. The second-order valence-corrected chi connectivity index (χ2v) is 2.62. The molecule has 0 aromatic carbocycles. The van der Waals surface area contributed by atoms with E-state index in [4.69, 9.17) is 0 Å². The summed E-state index contributed by atoms with van der Waals surface area (Å²) in [6.07, 6.45) is 0. The predicted octanol–water partition coefficient (Wildman–Crippen LogP) is 1.32. The van der Waals surface area contributed by atoms with E-state index in [9.17, 15) is 0 Å². The van der Waals surface area contributed by atoms with Gasteiger partial charge in [0.05, 0.1) is 0 Å². The van der Waals surface area contributed by atoms with Crippen molar-refractivity contribution in [2.75, 3.05) is 0 Å². The van der Waals surface area contributed by atoms with Gasteiger partial charge in [0.25, 0.3) is 0 Å². The SMILES string of the molecule is IOI.[Ba]. The Hall–Kier alpha value is 2.99. The average molecular weight is 407 g/mol. The molecule has 1 nitrogen and oxygen atoms in total. The molecule has 0 aromatic rings. The van der Waals surface area contributed by atoms with Crippen LogP contribution in [-0.4, -0.2) is 48.9 Å². The molecule has 0 spiro atoms. The molecule has 0 amide bonds. The molecule has 4 heteroatoms. The molecule has 0 bridgehead atoms. The monoisotopic (exact) mass is 408 g/mol. The smallest absolute Gasteiger partial charge is 0.124 e. The van der Waals surface area contributed by atoms with Crippen molar-refractivity contribution in [3.8, 4) is 0 Å². The minimum atomic E-state index is 0. The van der Waals surface area contributed by atoms with Gasteiger partial charge in [0.1, 0.15) is 46.0 Å². The van der Waals surface area contributed by atoms with E-state index in [0.717, 1.165) is 0 Å². The molecule has 4 heavy (non-hydrogen) atoms. The molecule has 0 atom stereocenters. The van der Waals surface area contributed by atoms with Gasteiger partial charge in [-0.15, -0.1) is 0 Å². The van der Waals surface area contributed by atoms with E-state index in [2.05, 4.69) is 1.40 Å². The zero-order valence-electron chi connectivity index (χ0n) is 1.87. The first kappa shape index (κ1) is 10.1. The van der Waals surface area contributed by atoms with Crippen LogP contribution in [0.2, 0.25) is 0 Å². The van der Waals surface area contributed by atoms with Crippen molar-refractivity contribution in [1.29, 1.82) is 0 Å². The minimum Gasteiger partial charge on any atom is -0.247 e. The van der Waals surface area contributed by atoms with Crippen LogP contribution < -0.4 is 0 Å². The molecule has 0 N–H and O–H groups in total.